The van der Waals surface area contributed by atoms with E-state index >= 15 is 0 Å². The predicted molar refractivity (Wildman–Crippen MR) is 73.4 cm³/mol. The van der Waals surface area contributed by atoms with Crippen molar-refractivity contribution in [2.45, 2.75) is 26.2 Å². The molecule has 0 saturated carbocycles. The molecule has 0 unspecified atom stereocenters. The van der Waals surface area contributed by atoms with E-state index < -0.39 is 17.5 Å². The van der Waals surface area contributed by atoms with Gasteiger partial charge < -0.3 is 9.42 Å². The van der Waals surface area contributed by atoms with Gasteiger partial charge in [0.15, 0.2) is 5.82 Å². The lowest BCUT2D eigenvalue weighted by atomic mass is 10.1. The van der Waals surface area contributed by atoms with Crippen molar-refractivity contribution in [1.29, 1.82) is 0 Å². The predicted octanol–water partition coefficient (Wildman–Crippen LogP) is 2.59. The molecule has 7 heteroatoms. The summed E-state index contributed by atoms with van der Waals surface area (Å²) in [5.74, 6) is -0.961. The van der Waals surface area contributed by atoms with Crippen molar-refractivity contribution in [1.82, 2.24) is 15.0 Å². The highest BCUT2D eigenvalue weighted by atomic mass is 19.1. The lowest BCUT2D eigenvalue weighted by Crippen LogP contribution is -2.29. The molecule has 1 fully saturated rings. The van der Waals surface area contributed by atoms with Crippen molar-refractivity contribution in [3.05, 3.63) is 46.6 Å². The van der Waals surface area contributed by atoms with Crippen LogP contribution in [-0.4, -0.2) is 34.0 Å². The third-order valence-corrected chi connectivity index (χ3v) is 3.85. The number of carbonyl (C=O) groups excluding carboxylic acids is 1. The van der Waals surface area contributed by atoms with E-state index in [1.165, 1.54) is 17.9 Å². The van der Waals surface area contributed by atoms with Gasteiger partial charge in [-0.05, 0) is 31.9 Å². The monoisotopic (exact) mass is 307 g/mol. The summed E-state index contributed by atoms with van der Waals surface area (Å²) < 4.78 is 32.2. The minimum absolute atomic E-state index is 0.0465. The Hall–Kier alpha value is -2.31. The fraction of sp³-hybridized carbons (Fsp3) is 0.400. The minimum atomic E-state index is -0.842. The second kappa shape index (κ2) is 5.47. The molecule has 1 aromatic heterocycles. The summed E-state index contributed by atoms with van der Waals surface area (Å²) in [6.45, 7) is 4.08. The number of likely N-dealkylation sites (tertiary alicyclic amines) is 1. The average molecular weight is 307 g/mol. The van der Waals surface area contributed by atoms with Gasteiger partial charge in [-0.1, -0.05) is 5.16 Å². The SMILES string of the molecule is Cc1noc([C@@H]2CCN(C(=O)c3cc(C)c(F)cc3F)C2)n1. The van der Waals surface area contributed by atoms with Crippen molar-refractivity contribution in [2.75, 3.05) is 13.1 Å². The van der Waals surface area contributed by atoms with E-state index in [0.717, 1.165) is 6.07 Å². The summed E-state index contributed by atoms with van der Waals surface area (Å²) in [6, 6.07) is 1.99. The van der Waals surface area contributed by atoms with E-state index in [0.29, 0.717) is 31.2 Å². The van der Waals surface area contributed by atoms with Crippen molar-refractivity contribution in [2.24, 2.45) is 0 Å². The van der Waals surface area contributed by atoms with E-state index in [2.05, 4.69) is 10.1 Å². The zero-order valence-electron chi connectivity index (χ0n) is 12.3. The van der Waals surface area contributed by atoms with Gasteiger partial charge in [-0.3, -0.25) is 4.79 Å². The molecule has 2 heterocycles. The molecule has 3 rings (SSSR count). The zero-order valence-corrected chi connectivity index (χ0v) is 12.3. The maximum absolute atomic E-state index is 13.8. The lowest BCUT2D eigenvalue weighted by Gasteiger charge is -2.16. The molecular weight excluding hydrogens is 292 g/mol. The molecule has 5 nitrogen and oxygen atoms in total. The molecular formula is C15H15F2N3O2. The summed E-state index contributed by atoms with van der Waals surface area (Å²) in [7, 11) is 0. The molecule has 0 aliphatic carbocycles. The first-order chi connectivity index (χ1) is 10.5. The normalized spacial score (nSPS) is 18.0. The van der Waals surface area contributed by atoms with Gasteiger partial charge in [-0.2, -0.15) is 4.98 Å². The van der Waals surface area contributed by atoms with Crippen LogP contribution in [0.3, 0.4) is 0 Å². The molecule has 0 N–H and O–H groups in total. The Bertz CT molecular complexity index is 730. The van der Waals surface area contributed by atoms with Gasteiger partial charge >= 0.3 is 0 Å². The van der Waals surface area contributed by atoms with Crippen LogP contribution in [-0.2, 0) is 0 Å². The molecule has 1 saturated heterocycles. The number of nitrogens with zero attached hydrogens (tertiary/aromatic N) is 3. The minimum Gasteiger partial charge on any atom is -0.339 e. The molecule has 1 atom stereocenters. The van der Waals surface area contributed by atoms with Crippen LogP contribution in [0.5, 0.6) is 0 Å². The number of halogens is 2. The van der Waals surface area contributed by atoms with Crippen molar-refractivity contribution in [3.63, 3.8) is 0 Å². The van der Waals surface area contributed by atoms with Crippen LogP contribution in [0.4, 0.5) is 8.78 Å². The summed E-state index contributed by atoms with van der Waals surface area (Å²) in [6.07, 6.45) is 0.676. The van der Waals surface area contributed by atoms with Crippen LogP contribution in [0.2, 0.25) is 0 Å². The van der Waals surface area contributed by atoms with Gasteiger partial charge in [0.1, 0.15) is 11.6 Å². The fourth-order valence-corrected chi connectivity index (χ4v) is 2.62. The number of aromatic nitrogens is 2. The Morgan fingerprint density at radius 3 is 2.77 bits per heavy atom. The Morgan fingerprint density at radius 1 is 1.32 bits per heavy atom. The maximum atomic E-state index is 13.8. The van der Waals surface area contributed by atoms with Crippen LogP contribution < -0.4 is 0 Å². The number of carbonyl (C=O) groups is 1. The molecule has 1 aliphatic rings. The van der Waals surface area contributed by atoms with Gasteiger partial charge in [0, 0.05) is 19.2 Å². The molecule has 1 aliphatic heterocycles. The highest BCUT2D eigenvalue weighted by Gasteiger charge is 2.32. The van der Waals surface area contributed by atoms with E-state index in [-0.39, 0.29) is 17.0 Å². The van der Waals surface area contributed by atoms with E-state index in [1.807, 2.05) is 0 Å². The Kier molecular flexibility index (Phi) is 3.64. The summed E-state index contributed by atoms with van der Waals surface area (Å²) >= 11 is 0. The fourth-order valence-electron chi connectivity index (χ4n) is 2.62. The Morgan fingerprint density at radius 2 is 2.09 bits per heavy atom. The smallest absolute Gasteiger partial charge is 0.256 e. The van der Waals surface area contributed by atoms with Gasteiger partial charge in [-0.25, -0.2) is 8.78 Å². The number of rotatable bonds is 2. The molecule has 1 aromatic carbocycles. The van der Waals surface area contributed by atoms with Crippen LogP contribution >= 0.6 is 0 Å². The number of hydrogen-bond donors (Lipinski definition) is 0. The molecule has 1 amide bonds. The van der Waals surface area contributed by atoms with Crippen molar-refractivity contribution in [3.8, 4) is 0 Å². The summed E-state index contributed by atoms with van der Waals surface area (Å²) in [5.41, 5.74) is 0.134. The third-order valence-electron chi connectivity index (χ3n) is 3.85. The van der Waals surface area contributed by atoms with E-state index in [1.54, 1.807) is 6.92 Å². The molecule has 2 aromatic rings. The first-order valence-electron chi connectivity index (χ1n) is 7.01. The number of hydrogen-bond acceptors (Lipinski definition) is 4. The van der Waals surface area contributed by atoms with Gasteiger partial charge in [0.25, 0.3) is 5.91 Å². The van der Waals surface area contributed by atoms with Crippen LogP contribution in [0, 0.1) is 25.5 Å². The van der Waals surface area contributed by atoms with Gasteiger partial charge in [0.2, 0.25) is 5.89 Å². The summed E-state index contributed by atoms with van der Waals surface area (Å²) in [5, 5.41) is 3.73. The first-order valence-corrected chi connectivity index (χ1v) is 7.01. The van der Waals surface area contributed by atoms with E-state index in [4.69, 9.17) is 4.52 Å². The topological polar surface area (TPSA) is 59.2 Å². The molecule has 0 radical (unpaired) electrons. The van der Waals surface area contributed by atoms with Crippen molar-refractivity contribution < 1.29 is 18.1 Å². The first kappa shape index (κ1) is 14.6. The van der Waals surface area contributed by atoms with Gasteiger partial charge in [-0.15, -0.1) is 0 Å². The van der Waals surface area contributed by atoms with Crippen molar-refractivity contribution >= 4 is 5.91 Å². The van der Waals surface area contributed by atoms with Crippen LogP contribution in [0.1, 0.15) is 40.0 Å². The summed E-state index contributed by atoms with van der Waals surface area (Å²) in [4.78, 5) is 18.1. The maximum Gasteiger partial charge on any atom is 0.256 e. The van der Waals surface area contributed by atoms with Crippen LogP contribution in [0.25, 0.3) is 0 Å². The molecule has 22 heavy (non-hydrogen) atoms. The van der Waals surface area contributed by atoms with Gasteiger partial charge in [0.05, 0.1) is 11.5 Å². The molecule has 0 bridgehead atoms. The Balaban J connectivity index is 1.78. The number of amides is 1. The van der Waals surface area contributed by atoms with Crippen LogP contribution in [0.15, 0.2) is 16.7 Å². The second-order valence-corrected chi connectivity index (χ2v) is 5.50. The highest BCUT2D eigenvalue weighted by molar-refractivity contribution is 5.95. The van der Waals surface area contributed by atoms with E-state index in [9.17, 15) is 13.6 Å². The third kappa shape index (κ3) is 2.58. The molecule has 116 valence electrons. The number of aryl methyl sites for hydroxylation is 2. The average Bonchev–Trinajstić information content (AvgIpc) is 3.10. The lowest BCUT2D eigenvalue weighted by molar-refractivity contribution is 0.0784. The quantitative estimate of drug-likeness (QED) is 0.855. The molecule has 0 spiro atoms. The highest BCUT2D eigenvalue weighted by Crippen LogP contribution is 2.27. The second-order valence-electron chi connectivity index (χ2n) is 5.50. The number of benzene rings is 1. The standard InChI is InChI=1S/C15H15F2N3O2/c1-8-5-11(13(17)6-12(8)16)15(21)20-4-3-10(7-20)14-18-9(2)19-22-14/h5-6,10H,3-4,7H2,1-2H3/t10-/m1/s1. The Labute approximate surface area is 125 Å². The largest absolute Gasteiger partial charge is 0.339 e. The zero-order chi connectivity index (χ0) is 15.9.